The highest BCUT2D eigenvalue weighted by molar-refractivity contribution is 8.15. The number of hydrogen-bond donors (Lipinski definition) is 0. The molecule has 6 nitrogen and oxygen atoms in total. The van der Waals surface area contributed by atoms with Gasteiger partial charge in [0.2, 0.25) is 5.04 Å². The third-order valence-electron chi connectivity index (χ3n) is 2.00. The number of oxime groups is 1. The lowest BCUT2D eigenvalue weighted by molar-refractivity contribution is -0.134. The number of thioether (sulfide) groups is 1. The molecular weight excluding hydrogens is 302 g/mol. The fraction of sp³-hybridized carbons (Fsp3) is 0.333. The lowest BCUT2D eigenvalue weighted by Gasteiger charge is -2.05. The highest BCUT2D eigenvalue weighted by Gasteiger charge is 2.18. The number of benzene rings is 1. The largest absolute Gasteiger partial charge is 0.461 e. The zero-order valence-corrected chi connectivity index (χ0v) is 12.7. The van der Waals surface area contributed by atoms with E-state index >= 15 is 0 Å². The molecule has 0 radical (unpaired) electrons. The van der Waals surface area contributed by atoms with Crippen molar-refractivity contribution in [1.82, 2.24) is 0 Å². The lowest BCUT2D eigenvalue weighted by Crippen LogP contribution is -2.16. The molecule has 0 saturated heterocycles. The molecule has 20 heavy (non-hydrogen) atoms. The first-order valence-electron chi connectivity index (χ1n) is 5.87. The van der Waals surface area contributed by atoms with E-state index < -0.39 is 16.1 Å². The van der Waals surface area contributed by atoms with Gasteiger partial charge in [-0.25, -0.2) is 4.79 Å². The van der Waals surface area contributed by atoms with E-state index in [2.05, 4.69) is 9.44 Å². The van der Waals surface area contributed by atoms with Crippen molar-refractivity contribution in [2.75, 3.05) is 12.4 Å². The molecule has 0 N–H and O–H groups in total. The van der Waals surface area contributed by atoms with Crippen LogP contribution in [-0.2, 0) is 23.9 Å². The van der Waals surface area contributed by atoms with Crippen LogP contribution in [0.25, 0.3) is 0 Å². The minimum Gasteiger partial charge on any atom is -0.461 e. The standard InChI is InChI=1S/C12H15NO5S2/c1-3-17-12(14)11(13-18-20(15,16)4-2)19-10-8-6-5-7-9-10/h5-9H,3-4H2,1-2H3. The highest BCUT2D eigenvalue weighted by Crippen LogP contribution is 2.20. The Bertz CT molecular complexity index is 569. The van der Waals surface area contributed by atoms with E-state index in [1.54, 1.807) is 31.2 Å². The zero-order valence-electron chi connectivity index (χ0n) is 11.1. The van der Waals surface area contributed by atoms with Gasteiger partial charge < -0.3 is 4.74 Å². The van der Waals surface area contributed by atoms with Gasteiger partial charge in [0, 0.05) is 4.90 Å². The molecule has 0 fully saturated rings. The molecule has 0 aliphatic carbocycles. The van der Waals surface area contributed by atoms with Crippen molar-refractivity contribution < 1.29 is 22.2 Å². The first kappa shape index (κ1) is 16.5. The molecule has 0 unspecified atom stereocenters. The molecule has 0 aliphatic heterocycles. The number of rotatable bonds is 5. The van der Waals surface area contributed by atoms with E-state index in [0.717, 1.165) is 16.7 Å². The van der Waals surface area contributed by atoms with Crippen LogP contribution in [0.4, 0.5) is 0 Å². The van der Waals surface area contributed by atoms with Gasteiger partial charge in [0.15, 0.2) is 0 Å². The second kappa shape index (κ2) is 7.91. The van der Waals surface area contributed by atoms with Crippen LogP contribution in [0.3, 0.4) is 0 Å². The highest BCUT2D eigenvalue weighted by atomic mass is 32.2. The Hall–Kier alpha value is -1.54. The smallest absolute Gasteiger partial charge is 0.367 e. The van der Waals surface area contributed by atoms with E-state index in [1.807, 2.05) is 6.07 Å². The van der Waals surface area contributed by atoms with Crippen molar-refractivity contribution in [3.05, 3.63) is 30.3 Å². The van der Waals surface area contributed by atoms with Crippen LogP contribution in [0, 0.1) is 0 Å². The lowest BCUT2D eigenvalue weighted by atomic mass is 10.4. The number of esters is 1. The number of ether oxygens (including phenoxy) is 1. The van der Waals surface area contributed by atoms with Gasteiger partial charge in [-0.05, 0) is 26.0 Å². The molecule has 0 saturated carbocycles. The number of hydrogen-bond acceptors (Lipinski definition) is 7. The predicted molar refractivity (Wildman–Crippen MR) is 76.9 cm³/mol. The van der Waals surface area contributed by atoms with Crippen LogP contribution in [0.5, 0.6) is 0 Å². The van der Waals surface area contributed by atoms with E-state index in [4.69, 9.17) is 4.74 Å². The SMILES string of the molecule is CCOC(=O)C(=NOS(=O)(=O)CC)Sc1ccccc1. The molecule has 0 bridgehead atoms. The van der Waals surface area contributed by atoms with Crippen molar-refractivity contribution in [2.45, 2.75) is 18.7 Å². The Morgan fingerprint density at radius 1 is 1.25 bits per heavy atom. The van der Waals surface area contributed by atoms with Crippen molar-refractivity contribution in [3.8, 4) is 0 Å². The van der Waals surface area contributed by atoms with Crippen LogP contribution in [0.2, 0.25) is 0 Å². The summed E-state index contributed by atoms with van der Waals surface area (Å²) in [6.45, 7) is 3.22. The summed E-state index contributed by atoms with van der Waals surface area (Å²) in [5.41, 5.74) is 0. The van der Waals surface area contributed by atoms with Gasteiger partial charge in [-0.1, -0.05) is 35.1 Å². The van der Waals surface area contributed by atoms with Crippen LogP contribution >= 0.6 is 11.8 Å². The van der Waals surface area contributed by atoms with Crippen molar-refractivity contribution in [1.29, 1.82) is 0 Å². The van der Waals surface area contributed by atoms with Crippen LogP contribution in [-0.4, -0.2) is 31.8 Å². The van der Waals surface area contributed by atoms with Crippen LogP contribution < -0.4 is 0 Å². The van der Waals surface area contributed by atoms with E-state index in [0.29, 0.717) is 0 Å². The summed E-state index contributed by atoms with van der Waals surface area (Å²) in [5.74, 6) is -0.963. The topological polar surface area (TPSA) is 82.0 Å². The summed E-state index contributed by atoms with van der Waals surface area (Å²) >= 11 is 0.974. The predicted octanol–water partition coefficient (Wildman–Crippen LogP) is 2.02. The van der Waals surface area contributed by atoms with Crippen molar-refractivity contribution in [2.24, 2.45) is 5.16 Å². The number of carbonyl (C=O) groups excluding carboxylic acids is 1. The molecule has 1 aromatic rings. The van der Waals surface area contributed by atoms with Gasteiger partial charge >= 0.3 is 16.1 Å². The Morgan fingerprint density at radius 2 is 1.90 bits per heavy atom. The summed E-state index contributed by atoms with van der Waals surface area (Å²) in [7, 11) is -3.76. The normalized spacial score (nSPS) is 12.0. The van der Waals surface area contributed by atoms with Gasteiger partial charge in [0.25, 0.3) is 0 Å². The molecule has 0 aromatic heterocycles. The zero-order chi connectivity index (χ0) is 15.0. The molecule has 8 heteroatoms. The minimum absolute atomic E-state index is 0.160. The molecule has 1 rings (SSSR count). The first-order valence-corrected chi connectivity index (χ1v) is 8.27. The number of nitrogens with zero attached hydrogens (tertiary/aromatic N) is 1. The third kappa shape index (κ3) is 5.62. The molecule has 1 aromatic carbocycles. The molecule has 0 heterocycles. The monoisotopic (exact) mass is 317 g/mol. The van der Waals surface area contributed by atoms with E-state index in [-0.39, 0.29) is 17.4 Å². The number of carbonyl (C=O) groups is 1. The van der Waals surface area contributed by atoms with Crippen molar-refractivity contribution in [3.63, 3.8) is 0 Å². The maximum Gasteiger partial charge on any atom is 0.367 e. The second-order valence-electron chi connectivity index (χ2n) is 3.45. The van der Waals surface area contributed by atoms with Gasteiger partial charge in [0.1, 0.15) is 0 Å². The van der Waals surface area contributed by atoms with Gasteiger partial charge in [-0.2, -0.15) is 8.42 Å². The Morgan fingerprint density at radius 3 is 2.45 bits per heavy atom. The van der Waals surface area contributed by atoms with Gasteiger partial charge in [-0.3, -0.25) is 4.28 Å². The maximum absolute atomic E-state index is 11.7. The summed E-state index contributed by atoms with van der Waals surface area (Å²) in [5, 5.41) is 3.23. The summed E-state index contributed by atoms with van der Waals surface area (Å²) in [6.07, 6.45) is 0. The quantitative estimate of drug-likeness (QED) is 0.272. The molecular formula is C12H15NO5S2. The van der Waals surface area contributed by atoms with E-state index in [1.165, 1.54) is 6.92 Å². The molecule has 0 aliphatic rings. The third-order valence-corrected chi connectivity index (χ3v) is 3.95. The van der Waals surface area contributed by atoms with Crippen LogP contribution in [0.15, 0.2) is 40.4 Å². The Kier molecular flexibility index (Phi) is 6.53. The average Bonchev–Trinajstić information content (AvgIpc) is 2.44. The summed E-state index contributed by atoms with van der Waals surface area (Å²) < 4.78 is 31.7. The fourth-order valence-corrected chi connectivity index (χ4v) is 2.11. The fourth-order valence-electron chi connectivity index (χ4n) is 1.03. The molecule has 0 amide bonds. The summed E-state index contributed by atoms with van der Waals surface area (Å²) in [6, 6.07) is 8.91. The van der Waals surface area contributed by atoms with Crippen LogP contribution in [0.1, 0.15) is 13.8 Å². The first-order chi connectivity index (χ1) is 9.48. The molecule has 0 atom stereocenters. The molecule has 0 spiro atoms. The van der Waals surface area contributed by atoms with Gasteiger partial charge in [0.05, 0.1) is 12.4 Å². The Labute approximate surface area is 122 Å². The summed E-state index contributed by atoms with van der Waals surface area (Å²) in [4.78, 5) is 12.4. The molecule has 110 valence electrons. The van der Waals surface area contributed by atoms with Crippen molar-refractivity contribution >= 4 is 32.9 Å². The maximum atomic E-state index is 11.7. The Balaban J connectivity index is 2.91. The van der Waals surface area contributed by atoms with E-state index in [9.17, 15) is 13.2 Å². The van der Waals surface area contributed by atoms with Gasteiger partial charge in [-0.15, -0.1) is 0 Å². The average molecular weight is 317 g/mol. The second-order valence-corrected chi connectivity index (χ2v) is 6.36. The minimum atomic E-state index is -3.76.